The highest BCUT2D eigenvalue weighted by Crippen LogP contribution is 2.48. The van der Waals surface area contributed by atoms with Crippen LogP contribution in [0.25, 0.3) is 0 Å². The first-order chi connectivity index (χ1) is 13.3. The summed E-state index contributed by atoms with van der Waals surface area (Å²) in [5.41, 5.74) is 1.61. The molecule has 1 aliphatic carbocycles. The number of carbonyl (C=O) groups excluding carboxylic acids is 1. The lowest BCUT2D eigenvalue weighted by Crippen LogP contribution is -2.29. The van der Waals surface area contributed by atoms with Crippen molar-refractivity contribution in [1.82, 2.24) is 10.3 Å². The highest BCUT2D eigenvalue weighted by molar-refractivity contribution is 5.83. The summed E-state index contributed by atoms with van der Waals surface area (Å²) in [4.78, 5) is 16.6. The molecule has 2 aromatic rings. The quantitative estimate of drug-likeness (QED) is 0.771. The maximum absolute atomic E-state index is 12.5. The fourth-order valence-electron chi connectivity index (χ4n) is 3.02. The Kier molecular flexibility index (Phi) is 5.76. The number of alkyl halides is 3. The minimum Gasteiger partial charge on any atom is -0.497 e. The first kappa shape index (κ1) is 20.0. The number of pyridine rings is 1. The second-order valence-electron chi connectivity index (χ2n) is 6.78. The first-order valence-electron chi connectivity index (χ1n) is 8.86. The molecule has 150 valence electrons. The molecule has 1 aliphatic rings. The number of aromatic nitrogens is 1. The SMILES string of the molecule is COc1cccc([C@H]2C[C@@H]2C(=O)NC(C)c2ccc(OCC(F)(F)F)cn2)c1. The summed E-state index contributed by atoms with van der Waals surface area (Å²) < 4.78 is 46.4. The normalized spacial score (nSPS) is 19.6. The Labute approximate surface area is 160 Å². The lowest BCUT2D eigenvalue weighted by atomic mass is 10.1. The molecule has 5 nitrogen and oxygen atoms in total. The number of methoxy groups -OCH3 is 1. The average molecular weight is 394 g/mol. The number of nitrogens with zero attached hydrogens (tertiary/aromatic N) is 1. The van der Waals surface area contributed by atoms with Gasteiger partial charge in [0.15, 0.2) is 6.61 Å². The zero-order valence-corrected chi connectivity index (χ0v) is 15.5. The molecular formula is C20H21F3N2O3. The van der Waals surface area contributed by atoms with Crippen LogP contribution in [0.4, 0.5) is 13.2 Å². The Morgan fingerprint density at radius 2 is 2.07 bits per heavy atom. The van der Waals surface area contributed by atoms with E-state index in [1.807, 2.05) is 24.3 Å². The summed E-state index contributed by atoms with van der Waals surface area (Å²) in [5.74, 6) is 0.769. The summed E-state index contributed by atoms with van der Waals surface area (Å²) in [5, 5.41) is 2.91. The molecule has 8 heteroatoms. The predicted octanol–water partition coefficient (Wildman–Crippen LogP) is 4.01. The van der Waals surface area contributed by atoms with Crippen LogP contribution in [0.2, 0.25) is 0 Å². The van der Waals surface area contributed by atoms with Crippen LogP contribution in [0, 0.1) is 5.92 Å². The van der Waals surface area contributed by atoms with Crippen molar-refractivity contribution in [3.8, 4) is 11.5 Å². The summed E-state index contributed by atoms with van der Waals surface area (Å²) in [6.07, 6.45) is -2.41. The highest BCUT2D eigenvalue weighted by Gasteiger charge is 2.44. The van der Waals surface area contributed by atoms with E-state index >= 15 is 0 Å². The third-order valence-corrected chi connectivity index (χ3v) is 4.61. The van der Waals surface area contributed by atoms with Gasteiger partial charge in [0.25, 0.3) is 0 Å². The molecule has 1 N–H and O–H groups in total. The van der Waals surface area contributed by atoms with Crippen LogP contribution in [-0.2, 0) is 4.79 Å². The minimum absolute atomic E-state index is 0.0277. The Bertz CT molecular complexity index is 824. The largest absolute Gasteiger partial charge is 0.497 e. The van der Waals surface area contributed by atoms with Gasteiger partial charge in [-0.1, -0.05) is 12.1 Å². The number of amides is 1. The molecule has 0 spiro atoms. The van der Waals surface area contributed by atoms with E-state index in [0.717, 1.165) is 17.7 Å². The molecule has 3 atom stereocenters. The van der Waals surface area contributed by atoms with E-state index in [1.165, 1.54) is 12.3 Å². The fraction of sp³-hybridized carbons (Fsp3) is 0.400. The van der Waals surface area contributed by atoms with Crippen LogP contribution >= 0.6 is 0 Å². The molecule has 1 amide bonds. The molecule has 1 fully saturated rings. The van der Waals surface area contributed by atoms with Crippen LogP contribution in [0.15, 0.2) is 42.6 Å². The molecule has 1 saturated carbocycles. The van der Waals surface area contributed by atoms with Gasteiger partial charge >= 0.3 is 6.18 Å². The fourth-order valence-corrected chi connectivity index (χ4v) is 3.02. The van der Waals surface area contributed by atoms with Gasteiger partial charge in [0.2, 0.25) is 5.91 Å². The zero-order valence-electron chi connectivity index (χ0n) is 15.5. The molecule has 0 saturated heterocycles. The van der Waals surface area contributed by atoms with E-state index in [0.29, 0.717) is 5.69 Å². The summed E-state index contributed by atoms with van der Waals surface area (Å²) in [6, 6.07) is 10.3. The molecule has 28 heavy (non-hydrogen) atoms. The van der Waals surface area contributed by atoms with Gasteiger partial charge in [-0.25, -0.2) is 0 Å². The number of carbonyl (C=O) groups is 1. The van der Waals surface area contributed by atoms with Crippen molar-refractivity contribution in [1.29, 1.82) is 0 Å². The Morgan fingerprint density at radius 3 is 2.71 bits per heavy atom. The van der Waals surface area contributed by atoms with Gasteiger partial charge in [0, 0.05) is 5.92 Å². The van der Waals surface area contributed by atoms with E-state index in [1.54, 1.807) is 20.1 Å². The smallest absolute Gasteiger partial charge is 0.422 e. The molecule has 0 aliphatic heterocycles. The van der Waals surface area contributed by atoms with Gasteiger partial charge < -0.3 is 14.8 Å². The molecular weight excluding hydrogens is 373 g/mol. The number of halogens is 3. The van der Waals surface area contributed by atoms with Gasteiger partial charge in [-0.05, 0) is 49.1 Å². The van der Waals surface area contributed by atoms with Crippen LogP contribution in [0.3, 0.4) is 0 Å². The Balaban J connectivity index is 1.53. The van der Waals surface area contributed by atoms with Crippen molar-refractivity contribution in [2.24, 2.45) is 5.92 Å². The van der Waals surface area contributed by atoms with Crippen LogP contribution < -0.4 is 14.8 Å². The standard InChI is InChI=1S/C20H21F3N2O3/c1-12(18-7-6-15(10-24-18)28-11-20(21,22)23)25-19(26)17-9-16(17)13-4-3-5-14(8-13)27-2/h3-8,10,12,16-17H,9,11H2,1-2H3,(H,25,26)/t12?,16-,17+/m1/s1. The third kappa shape index (κ3) is 5.15. The maximum Gasteiger partial charge on any atom is 0.422 e. The Hall–Kier alpha value is -2.77. The van der Waals surface area contributed by atoms with Gasteiger partial charge in [-0.2, -0.15) is 13.2 Å². The second-order valence-corrected chi connectivity index (χ2v) is 6.78. The molecule has 1 heterocycles. The van der Waals surface area contributed by atoms with Crippen molar-refractivity contribution in [3.05, 3.63) is 53.9 Å². The van der Waals surface area contributed by atoms with Gasteiger partial charge in [0.1, 0.15) is 11.5 Å². The van der Waals surface area contributed by atoms with Crippen LogP contribution in [-0.4, -0.2) is 30.8 Å². The van der Waals surface area contributed by atoms with E-state index in [-0.39, 0.29) is 29.5 Å². The van der Waals surface area contributed by atoms with Gasteiger partial charge in [-0.3, -0.25) is 9.78 Å². The van der Waals surface area contributed by atoms with Crippen molar-refractivity contribution in [3.63, 3.8) is 0 Å². The number of ether oxygens (including phenoxy) is 2. The molecule has 3 rings (SSSR count). The van der Waals surface area contributed by atoms with Crippen LogP contribution in [0.5, 0.6) is 11.5 Å². The van der Waals surface area contributed by atoms with E-state index in [9.17, 15) is 18.0 Å². The monoisotopic (exact) mass is 394 g/mol. The zero-order chi connectivity index (χ0) is 20.3. The minimum atomic E-state index is -4.40. The molecule has 0 bridgehead atoms. The number of hydrogen-bond donors (Lipinski definition) is 1. The molecule has 0 radical (unpaired) electrons. The molecule has 1 unspecified atom stereocenters. The lowest BCUT2D eigenvalue weighted by molar-refractivity contribution is -0.153. The third-order valence-electron chi connectivity index (χ3n) is 4.61. The van der Waals surface area contributed by atoms with Gasteiger partial charge in [-0.15, -0.1) is 0 Å². The highest BCUT2D eigenvalue weighted by atomic mass is 19.4. The summed E-state index contributed by atoms with van der Waals surface area (Å²) >= 11 is 0. The molecule has 1 aromatic heterocycles. The Morgan fingerprint density at radius 1 is 1.29 bits per heavy atom. The van der Waals surface area contributed by atoms with E-state index in [2.05, 4.69) is 15.0 Å². The van der Waals surface area contributed by atoms with Crippen molar-refractivity contribution < 1.29 is 27.4 Å². The van der Waals surface area contributed by atoms with E-state index < -0.39 is 12.8 Å². The summed E-state index contributed by atoms with van der Waals surface area (Å²) in [7, 11) is 1.60. The number of rotatable bonds is 7. The molecule has 1 aromatic carbocycles. The number of benzene rings is 1. The van der Waals surface area contributed by atoms with Gasteiger partial charge in [0.05, 0.1) is 25.0 Å². The van der Waals surface area contributed by atoms with E-state index in [4.69, 9.17) is 4.74 Å². The second kappa shape index (κ2) is 8.08. The first-order valence-corrected chi connectivity index (χ1v) is 8.86. The topological polar surface area (TPSA) is 60.5 Å². The lowest BCUT2D eigenvalue weighted by Gasteiger charge is -2.14. The summed E-state index contributed by atoms with van der Waals surface area (Å²) in [6.45, 7) is 0.410. The maximum atomic E-state index is 12.5. The number of nitrogens with one attached hydrogen (secondary N) is 1. The van der Waals surface area contributed by atoms with Crippen molar-refractivity contribution in [2.75, 3.05) is 13.7 Å². The number of hydrogen-bond acceptors (Lipinski definition) is 4. The van der Waals surface area contributed by atoms with Crippen molar-refractivity contribution in [2.45, 2.75) is 31.5 Å². The van der Waals surface area contributed by atoms with Crippen molar-refractivity contribution >= 4 is 5.91 Å². The van der Waals surface area contributed by atoms with Crippen LogP contribution in [0.1, 0.15) is 36.6 Å². The average Bonchev–Trinajstić information content (AvgIpc) is 3.47. The predicted molar refractivity (Wildman–Crippen MR) is 96.2 cm³/mol.